The minimum atomic E-state index is -0.407. The van der Waals surface area contributed by atoms with Crippen LogP contribution < -0.4 is 5.73 Å². The SMILES string of the molecule is CC(C(N)=O)=C1CSC2=C(C(=O)OC(C)C)CCN12. The molecule has 0 bridgehead atoms. The van der Waals surface area contributed by atoms with E-state index >= 15 is 0 Å². The van der Waals surface area contributed by atoms with Gasteiger partial charge >= 0.3 is 5.97 Å². The van der Waals surface area contributed by atoms with Gasteiger partial charge < -0.3 is 15.4 Å². The van der Waals surface area contributed by atoms with Crippen LogP contribution in [0.5, 0.6) is 0 Å². The van der Waals surface area contributed by atoms with Gasteiger partial charge in [-0.2, -0.15) is 0 Å². The molecule has 1 fully saturated rings. The lowest BCUT2D eigenvalue weighted by atomic mass is 10.2. The summed E-state index contributed by atoms with van der Waals surface area (Å²) in [5.74, 6) is 0.0239. The third-order valence-corrected chi connectivity index (χ3v) is 4.31. The fourth-order valence-corrected chi connectivity index (χ4v) is 3.52. The second kappa shape index (κ2) is 5.28. The number of nitrogens with two attached hydrogens (primary N) is 1. The van der Waals surface area contributed by atoms with E-state index in [1.807, 2.05) is 18.7 Å². The number of hydrogen-bond donors (Lipinski definition) is 1. The standard InChI is InChI=1S/C13H18N2O3S/c1-7(2)18-13(17)9-4-5-15-10(6-19-12(9)15)8(3)11(14)16/h7H,4-6H2,1-3H3,(H2,14,16). The third kappa shape index (κ3) is 2.63. The van der Waals surface area contributed by atoms with E-state index in [4.69, 9.17) is 10.5 Å². The Labute approximate surface area is 116 Å². The molecular weight excluding hydrogens is 264 g/mol. The van der Waals surface area contributed by atoms with Crippen LogP contribution in [0.2, 0.25) is 0 Å². The normalized spacial score (nSPS) is 20.9. The highest BCUT2D eigenvalue weighted by Crippen LogP contribution is 2.43. The fraction of sp³-hybridized carbons (Fsp3) is 0.538. The van der Waals surface area contributed by atoms with Crippen LogP contribution in [-0.2, 0) is 14.3 Å². The lowest BCUT2D eigenvalue weighted by molar-refractivity contribution is -0.142. The van der Waals surface area contributed by atoms with E-state index in [-0.39, 0.29) is 12.1 Å². The maximum atomic E-state index is 12.0. The third-order valence-electron chi connectivity index (χ3n) is 3.15. The number of rotatable bonds is 3. The minimum Gasteiger partial charge on any atom is -0.460 e. The number of esters is 1. The van der Waals surface area contributed by atoms with Gasteiger partial charge in [-0.15, -0.1) is 11.8 Å². The summed E-state index contributed by atoms with van der Waals surface area (Å²) in [4.78, 5) is 25.3. The summed E-state index contributed by atoms with van der Waals surface area (Å²) >= 11 is 1.57. The Morgan fingerprint density at radius 2 is 2.11 bits per heavy atom. The number of amides is 1. The van der Waals surface area contributed by atoms with Gasteiger partial charge in [-0.05, 0) is 20.8 Å². The monoisotopic (exact) mass is 282 g/mol. The van der Waals surface area contributed by atoms with Crippen molar-refractivity contribution in [1.82, 2.24) is 4.90 Å². The van der Waals surface area contributed by atoms with Gasteiger partial charge in [0.2, 0.25) is 5.91 Å². The summed E-state index contributed by atoms with van der Waals surface area (Å²) < 4.78 is 5.24. The maximum Gasteiger partial charge on any atom is 0.336 e. The molecule has 2 heterocycles. The predicted molar refractivity (Wildman–Crippen MR) is 73.9 cm³/mol. The lowest BCUT2D eigenvalue weighted by Crippen LogP contribution is -2.21. The largest absolute Gasteiger partial charge is 0.460 e. The van der Waals surface area contributed by atoms with Crippen molar-refractivity contribution in [3.8, 4) is 0 Å². The number of hydrogen-bond acceptors (Lipinski definition) is 5. The molecule has 2 N–H and O–H groups in total. The fourth-order valence-electron chi connectivity index (χ4n) is 2.16. The van der Waals surface area contributed by atoms with Crippen LogP contribution in [0.15, 0.2) is 21.9 Å². The van der Waals surface area contributed by atoms with Crippen molar-refractivity contribution in [1.29, 1.82) is 0 Å². The van der Waals surface area contributed by atoms with Crippen LogP contribution in [0.1, 0.15) is 27.2 Å². The second-order valence-electron chi connectivity index (χ2n) is 4.86. The first-order valence-corrected chi connectivity index (χ1v) is 7.24. The Balaban J connectivity index is 2.26. The van der Waals surface area contributed by atoms with Crippen molar-refractivity contribution in [2.45, 2.75) is 33.3 Å². The topological polar surface area (TPSA) is 72.6 Å². The van der Waals surface area contributed by atoms with Crippen LogP contribution in [0.3, 0.4) is 0 Å². The molecule has 104 valence electrons. The van der Waals surface area contributed by atoms with Crippen LogP contribution in [0.4, 0.5) is 0 Å². The van der Waals surface area contributed by atoms with Crippen molar-refractivity contribution in [3.05, 3.63) is 21.9 Å². The van der Waals surface area contributed by atoms with Gasteiger partial charge in [0.1, 0.15) is 0 Å². The summed E-state index contributed by atoms with van der Waals surface area (Å²) in [5.41, 5.74) is 7.52. The summed E-state index contributed by atoms with van der Waals surface area (Å²) in [5, 5.41) is 0.918. The van der Waals surface area contributed by atoms with E-state index in [1.165, 1.54) is 0 Å². The summed E-state index contributed by atoms with van der Waals surface area (Å²) in [6, 6.07) is 0. The molecule has 0 radical (unpaired) electrons. The molecule has 0 atom stereocenters. The smallest absolute Gasteiger partial charge is 0.336 e. The van der Waals surface area contributed by atoms with Crippen molar-refractivity contribution in [3.63, 3.8) is 0 Å². The number of carbonyl (C=O) groups excluding carboxylic acids is 2. The molecule has 0 aromatic heterocycles. The molecule has 5 nitrogen and oxygen atoms in total. The number of fused-ring (bicyclic) bond motifs is 1. The predicted octanol–water partition coefficient (Wildman–Crippen LogP) is 1.36. The van der Waals surface area contributed by atoms with E-state index in [9.17, 15) is 9.59 Å². The second-order valence-corrected chi connectivity index (χ2v) is 5.83. The van der Waals surface area contributed by atoms with Crippen LogP contribution in [-0.4, -0.2) is 35.2 Å². The highest BCUT2D eigenvalue weighted by atomic mass is 32.2. The minimum absolute atomic E-state index is 0.122. The molecule has 0 aromatic carbocycles. The zero-order valence-electron chi connectivity index (χ0n) is 11.4. The van der Waals surface area contributed by atoms with E-state index in [0.717, 1.165) is 10.7 Å². The first-order valence-electron chi connectivity index (χ1n) is 6.25. The molecule has 1 saturated heterocycles. The van der Waals surface area contributed by atoms with Gasteiger partial charge in [0, 0.05) is 30.0 Å². The Kier molecular flexibility index (Phi) is 3.89. The van der Waals surface area contributed by atoms with Gasteiger partial charge in [0.15, 0.2) is 0 Å². The highest BCUT2D eigenvalue weighted by molar-refractivity contribution is 8.03. The van der Waals surface area contributed by atoms with Gasteiger partial charge in [-0.3, -0.25) is 4.79 Å². The average molecular weight is 282 g/mol. The van der Waals surface area contributed by atoms with Crippen LogP contribution in [0, 0.1) is 0 Å². The molecule has 0 aromatic rings. The Bertz CT molecular complexity index is 494. The first kappa shape index (κ1) is 14.0. The zero-order valence-corrected chi connectivity index (χ0v) is 12.2. The van der Waals surface area contributed by atoms with Gasteiger partial charge in [0.25, 0.3) is 0 Å². The zero-order chi connectivity index (χ0) is 14.2. The summed E-state index contributed by atoms with van der Waals surface area (Å²) in [7, 11) is 0. The molecule has 0 aliphatic carbocycles. The van der Waals surface area contributed by atoms with Gasteiger partial charge in [-0.1, -0.05) is 0 Å². The molecule has 0 spiro atoms. The van der Waals surface area contributed by atoms with Crippen molar-refractivity contribution in [2.24, 2.45) is 5.73 Å². The highest BCUT2D eigenvalue weighted by Gasteiger charge is 2.36. The van der Waals surface area contributed by atoms with Gasteiger partial charge in [-0.25, -0.2) is 4.79 Å². The molecule has 0 saturated carbocycles. The molecule has 2 rings (SSSR count). The molecule has 2 aliphatic rings. The van der Waals surface area contributed by atoms with Crippen LogP contribution >= 0.6 is 11.8 Å². The molecule has 19 heavy (non-hydrogen) atoms. The van der Waals surface area contributed by atoms with E-state index in [1.54, 1.807) is 18.7 Å². The molecule has 0 unspecified atom stereocenters. The summed E-state index contributed by atoms with van der Waals surface area (Å²) in [6.45, 7) is 6.11. The van der Waals surface area contributed by atoms with E-state index in [0.29, 0.717) is 29.9 Å². The quantitative estimate of drug-likeness (QED) is 0.625. The molecule has 2 aliphatic heterocycles. The number of primary amides is 1. The summed E-state index contributed by atoms with van der Waals surface area (Å²) in [6.07, 6.45) is 0.534. The van der Waals surface area contributed by atoms with E-state index < -0.39 is 5.91 Å². The van der Waals surface area contributed by atoms with E-state index in [2.05, 4.69) is 0 Å². The molecular formula is C13H18N2O3S. The Morgan fingerprint density at radius 1 is 1.42 bits per heavy atom. The number of thioether (sulfide) groups is 1. The average Bonchev–Trinajstić information content (AvgIpc) is 2.86. The lowest BCUT2D eigenvalue weighted by Gasteiger charge is -2.16. The molecule has 1 amide bonds. The maximum absolute atomic E-state index is 12.0. The number of ether oxygens (including phenoxy) is 1. The number of carbonyl (C=O) groups is 2. The molecule has 6 heteroatoms. The Hall–Kier alpha value is -1.43. The van der Waals surface area contributed by atoms with Crippen molar-refractivity contribution < 1.29 is 14.3 Å². The van der Waals surface area contributed by atoms with Crippen molar-refractivity contribution in [2.75, 3.05) is 12.3 Å². The first-order chi connectivity index (χ1) is 8.91. The van der Waals surface area contributed by atoms with Crippen molar-refractivity contribution >= 4 is 23.6 Å². The number of nitrogens with zero attached hydrogens (tertiary/aromatic N) is 1. The Morgan fingerprint density at radius 3 is 2.68 bits per heavy atom. The van der Waals surface area contributed by atoms with Gasteiger partial charge in [0.05, 0.1) is 16.7 Å². The van der Waals surface area contributed by atoms with Crippen LogP contribution in [0.25, 0.3) is 0 Å².